The van der Waals surface area contributed by atoms with Crippen LogP contribution in [-0.4, -0.2) is 29.2 Å². The second kappa shape index (κ2) is 7.41. The number of benzene rings is 1. The van der Waals surface area contributed by atoms with Crippen LogP contribution in [0.5, 0.6) is 0 Å². The van der Waals surface area contributed by atoms with E-state index in [1.807, 2.05) is 30.3 Å². The molecule has 0 saturated heterocycles. The quantitative estimate of drug-likeness (QED) is 0.760. The SMILES string of the molecule is NC(CCc1ccccc1)C(=O)NC1CCCC(O)C1. The fourth-order valence-corrected chi connectivity index (χ4v) is 2.70. The van der Waals surface area contributed by atoms with Gasteiger partial charge >= 0.3 is 0 Å². The molecule has 4 heteroatoms. The van der Waals surface area contributed by atoms with Gasteiger partial charge in [-0.25, -0.2) is 0 Å². The summed E-state index contributed by atoms with van der Waals surface area (Å²) in [4.78, 5) is 12.0. The maximum absolute atomic E-state index is 12.0. The molecule has 0 radical (unpaired) electrons. The summed E-state index contributed by atoms with van der Waals surface area (Å²) in [5, 5.41) is 12.6. The van der Waals surface area contributed by atoms with Crippen LogP contribution in [0.1, 0.15) is 37.7 Å². The highest BCUT2D eigenvalue weighted by molar-refractivity contribution is 5.81. The molecule has 1 aromatic carbocycles. The van der Waals surface area contributed by atoms with Crippen LogP contribution in [0.4, 0.5) is 0 Å². The Bertz CT molecular complexity index is 422. The van der Waals surface area contributed by atoms with Gasteiger partial charge < -0.3 is 16.2 Å². The van der Waals surface area contributed by atoms with E-state index in [0.29, 0.717) is 12.8 Å². The number of aliphatic hydroxyl groups excluding tert-OH is 1. The van der Waals surface area contributed by atoms with E-state index in [-0.39, 0.29) is 18.1 Å². The van der Waals surface area contributed by atoms with E-state index >= 15 is 0 Å². The third-order valence-electron chi connectivity index (χ3n) is 3.92. The fraction of sp³-hybridized carbons (Fsp3) is 0.562. The van der Waals surface area contributed by atoms with E-state index in [2.05, 4.69) is 5.32 Å². The average molecular weight is 276 g/mol. The predicted octanol–water partition coefficient (Wildman–Crippen LogP) is 1.37. The molecule has 0 aromatic heterocycles. The zero-order chi connectivity index (χ0) is 14.4. The molecule has 3 unspecified atom stereocenters. The van der Waals surface area contributed by atoms with Crippen LogP contribution in [0, 0.1) is 0 Å². The van der Waals surface area contributed by atoms with Crippen LogP contribution in [0.25, 0.3) is 0 Å². The Morgan fingerprint density at radius 1 is 1.35 bits per heavy atom. The summed E-state index contributed by atoms with van der Waals surface area (Å²) >= 11 is 0. The zero-order valence-electron chi connectivity index (χ0n) is 11.8. The van der Waals surface area contributed by atoms with Crippen LogP contribution in [-0.2, 0) is 11.2 Å². The second-order valence-electron chi connectivity index (χ2n) is 5.66. The summed E-state index contributed by atoms with van der Waals surface area (Å²) in [6, 6.07) is 9.65. The molecule has 0 bridgehead atoms. The van der Waals surface area contributed by atoms with Crippen molar-refractivity contribution in [2.45, 2.75) is 56.7 Å². The third kappa shape index (κ3) is 4.62. The number of carbonyl (C=O) groups is 1. The largest absolute Gasteiger partial charge is 0.393 e. The molecule has 20 heavy (non-hydrogen) atoms. The maximum atomic E-state index is 12.0. The minimum absolute atomic E-state index is 0.0778. The van der Waals surface area contributed by atoms with Gasteiger partial charge in [-0.15, -0.1) is 0 Å². The van der Waals surface area contributed by atoms with Crippen LogP contribution < -0.4 is 11.1 Å². The van der Waals surface area contributed by atoms with E-state index in [9.17, 15) is 9.90 Å². The molecule has 1 saturated carbocycles. The first-order valence-corrected chi connectivity index (χ1v) is 7.43. The highest BCUT2D eigenvalue weighted by atomic mass is 16.3. The van der Waals surface area contributed by atoms with Gasteiger partial charge in [0.15, 0.2) is 0 Å². The molecule has 0 heterocycles. The maximum Gasteiger partial charge on any atom is 0.237 e. The highest BCUT2D eigenvalue weighted by Crippen LogP contribution is 2.18. The lowest BCUT2D eigenvalue weighted by atomic mass is 9.92. The Kier molecular flexibility index (Phi) is 5.56. The lowest BCUT2D eigenvalue weighted by molar-refractivity contribution is -0.123. The first-order valence-electron chi connectivity index (χ1n) is 7.43. The Morgan fingerprint density at radius 3 is 2.80 bits per heavy atom. The molecule has 0 spiro atoms. The van der Waals surface area contributed by atoms with Crippen molar-refractivity contribution in [2.75, 3.05) is 0 Å². The van der Waals surface area contributed by atoms with Gasteiger partial charge in [0.25, 0.3) is 0 Å². The van der Waals surface area contributed by atoms with Gasteiger partial charge in [0.2, 0.25) is 5.91 Å². The molecule has 110 valence electrons. The van der Waals surface area contributed by atoms with E-state index in [1.165, 1.54) is 5.56 Å². The number of amides is 1. The summed E-state index contributed by atoms with van der Waals surface area (Å²) in [7, 11) is 0. The topological polar surface area (TPSA) is 75.4 Å². The molecule has 1 amide bonds. The minimum Gasteiger partial charge on any atom is -0.393 e. The standard InChI is InChI=1S/C16H24N2O2/c17-15(10-9-12-5-2-1-3-6-12)16(20)18-13-7-4-8-14(19)11-13/h1-3,5-6,13-15,19H,4,7-11,17H2,(H,18,20). The van der Waals surface area contributed by atoms with Gasteiger partial charge in [0.05, 0.1) is 12.1 Å². The number of rotatable bonds is 5. The van der Waals surface area contributed by atoms with Gasteiger partial charge in [-0.2, -0.15) is 0 Å². The monoisotopic (exact) mass is 276 g/mol. The predicted molar refractivity (Wildman–Crippen MR) is 79.1 cm³/mol. The zero-order valence-corrected chi connectivity index (χ0v) is 11.8. The Labute approximate surface area is 120 Å². The molecule has 1 fully saturated rings. The molecule has 1 aliphatic rings. The summed E-state index contributed by atoms with van der Waals surface area (Å²) < 4.78 is 0. The van der Waals surface area contributed by atoms with Crippen molar-refractivity contribution < 1.29 is 9.90 Å². The van der Waals surface area contributed by atoms with E-state index in [4.69, 9.17) is 5.73 Å². The highest BCUT2D eigenvalue weighted by Gasteiger charge is 2.23. The van der Waals surface area contributed by atoms with Gasteiger partial charge in [-0.05, 0) is 44.1 Å². The first kappa shape index (κ1) is 15.0. The molecule has 4 nitrogen and oxygen atoms in total. The van der Waals surface area contributed by atoms with Crippen molar-refractivity contribution in [1.29, 1.82) is 0 Å². The first-order chi connectivity index (χ1) is 9.65. The van der Waals surface area contributed by atoms with E-state index in [0.717, 1.165) is 25.7 Å². The minimum atomic E-state index is -0.478. The van der Waals surface area contributed by atoms with Crippen molar-refractivity contribution in [2.24, 2.45) is 5.73 Å². The molecular weight excluding hydrogens is 252 g/mol. The van der Waals surface area contributed by atoms with Crippen molar-refractivity contribution in [3.8, 4) is 0 Å². The van der Waals surface area contributed by atoms with Gasteiger partial charge in [-0.1, -0.05) is 30.3 Å². The average Bonchev–Trinajstić information content (AvgIpc) is 2.46. The van der Waals surface area contributed by atoms with Crippen LogP contribution in [0.2, 0.25) is 0 Å². The fourth-order valence-electron chi connectivity index (χ4n) is 2.70. The molecule has 0 aliphatic heterocycles. The summed E-state index contributed by atoms with van der Waals surface area (Å²) in [6.07, 6.45) is 4.56. The van der Waals surface area contributed by atoms with Crippen LogP contribution >= 0.6 is 0 Å². The Hall–Kier alpha value is -1.39. The number of nitrogens with one attached hydrogen (secondary N) is 1. The normalized spacial score (nSPS) is 24.1. The number of aryl methyl sites for hydroxylation is 1. The molecule has 1 aliphatic carbocycles. The number of hydrogen-bond donors (Lipinski definition) is 3. The summed E-state index contributed by atoms with van der Waals surface area (Å²) in [5.74, 6) is -0.0972. The number of nitrogens with two attached hydrogens (primary N) is 1. The third-order valence-corrected chi connectivity index (χ3v) is 3.92. The molecule has 1 aromatic rings. The summed E-state index contributed by atoms with van der Waals surface area (Å²) in [5.41, 5.74) is 7.14. The van der Waals surface area contributed by atoms with Gasteiger partial charge in [0, 0.05) is 6.04 Å². The van der Waals surface area contributed by atoms with E-state index < -0.39 is 6.04 Å². The van der Waals surface area contributed by atoms with Crippen molar-refractivity contribution in [3.63, 3.8) is 0 Å². The molecule has 4 N–H and O–H groups in total. The molecule has 2 rings (SSSR count). The van der Waals surface area contributed by atoms with E-state index in [1.54, 1.807) is 0 Å². The Morgan fingerprint density at radius 2 is 2.10 bits per heavy atom. The lowest BCUT2D eigenvalue weighted by Crippen LogP contribution is -2.47. The van der Waals surface area contributed by atoms with Gasteiger partial charge in [0.1, 0.15) is 0 Å². The molecule has 3 atom stereocenters. The van der Waals surface area contributed by atoms with Crippen molar-refractivity contribution in [3.05, 3.63) is 35.9 Å². The van der Waals surface area contributed by atoms with Crippen molar-refractivity contribution >= 4 is 5.91 Å². The van der Waals surface area contributed by atoms with Crippen LogP contribution in [0.15, 0.2) is 30.3 Å². The Balaban J connectivity index is 1.74. The second-order valence-corrected chi connectivity index (χ2v) is 5.66. The lowest BCUT2D eigenvalue weighted by Gasteiger charge is -2.27. The number of carbonyl (C=O) groups excluding carboxylic acids is 1. The number of aliphatic hydroxyl groups is 1. The smallest absolute Gasteiger partial charge is 0.237 e. The van der Waals surface area contributed by atoms with Gasteiger partial charge in [-0.3, -0.25) is 4.79 Å². The summed E-state index contributed by atoms with van der Waals surface area (Å²) in [6.45, 7) is 0. The number of hydrogen-bond acceptors (Lipinski definition) is 3. The van der Waals surface area contributed by atoms with Crippen LogP contribution in [0.3, 0.4) is 0 Å². The molecular formula is C16H24N2O2. The van der Waals surface area contributed by atoms with Crippen molar-refractivity contribution in [1.82, 2.24) is 5.32 Å².